The maximum absolute atomic E-state index is 12.5. The lowest BCUT2D eigenvalue weighted by Crippen LogP contribution is -2.12. The fourth-order valence-electron chi connectivity index (χ4n) is 3.28. The lowest BCUT2D eigenvalue weighted by atomic mass is 10.1. The molecule has 29 heavy (non-hydrogen) atoms. The van der Waals surface area contributed by atoms with Crippen molar-refractivity contribution in [2.75, 3.05) is 5.32 Å². The number of aryl methyl sites for hydroxylation is 3. The van der Waals surface area contributed by atoms with E-state index >= 15 is 0 Å². The molecule has 0 radical (unpaired) electrons. The van der Waals surface area contributed by atoms with Crippen molar-refractivity contribution in [2.45, 2.75) is 20.8 Å². The Labute approximate surface area is 169 Å². The zero-order chi connectivity index (χ0) is 20.4. The molecule has 0 fully saturated rings. The Morgan fingerprint density at radius 3 is 2.17 bits per heavy atom. The van der Waals surface area contributed by atoms with Gasteiger partial charge in [-0.2, -0.15) is 0 Å². The summed E-state index contributed by atoms with van der Waals surface area (Å²) in [4.78, 5) is 12.5. The van der Waals surface area contributed by atoms with Gasteiger partial charge in [0.25, 0.3) is 5.91 Å². The van der Waals surface area contributed by atoms with Crippen molar-refractivity contribution in [3.63, 3.8) is 0 Å². The van der Waals surface area contributed by atoms with Gasteiger partial charge in [0.15, 0.2) is 0 Å². The van der Waals surface area contributed by atoms with Crippen LogP contribution in [0.4, 0.5) is 5.69 Å². The van der Waals surface area contributed by atoms with Gasteiger partial charge in [0, 0.05) is 22.4 Å². The predicted molar refractivity (Wildman–Crippen MR) is 114 cm³/mol. The number of rotatable bonds is 4. The summed E-state index contributed by atoms with van der Waals surface area (Å²) in [7, 11) is 0. The van der Waals surface area contributed by atoms with Crippen LogP contribution in [0, 0.1) is 20.8 Å². The van der Waals surface area contributed by atoms with Gasteiger partial charge in [0.2, 0.25) is 11.8 Å². The summed E-state index contributed by atoms with van der Waals surface area (Å²) < 4.78 is 5.84. The summed E-state index contributed by atoms with van der Waals surface area (Å²) in [5.74, 6) is 0.743. The Morgan fingerprint density at radius 2 is 1.48 bits per heavy atom. The van der Waals surface area contributed by atoms with Gasteiger partial charge < -0.3 is 9.73 Å². The third-order valence-electron chi connectivity index (χ3n) is 4.67. The summed E-state index contributed by atoms with van der Waals surface area (Å²) in [6, 6.07) is 21.0. The van der Waals surface area contributed by atoms with Crippen molar-refractivity contribution in [1.82, 2.24) is 10.2 Å². The molecule has 0 spiro atoms. The van der Waals surface area contributed by atoms with Gasteiger partial charge in [0.1, 0.15) is 0 Å². The number of carbonyl (C=O) groups excluding carboxylic acids is 1. The van der Waals surface area contributed by atoms with Crippen LogP contribution in [0.2, 0.25) is 0 Å². The molecule has 0 aliphatic heterocycles. The number of hydrogen-bond donors (Lipinski definition) is 1. The number of amides is 1. The molecule has 5 heteroatoms. The van der Waals surface area contributed by atoms with Gasteiger partial charge in [-0.1, -0.05) is 24.3 Å². The molecule has 4 aromatic rings. The average Bonchev–Trinajstić information content (AvgIpc) is 3.17. The highest BCUT2D eigenvalue weighted by molar-refractivity contribution is 6.04. The van der Waals surface area contributed by atoms with Crippen molar-refractivity contribution in [3.8, 4) is 22.9 Å². The van der Waals surface area contributed by atoms with Crippen molar-refractivity contribution < 1.29 is 9.21 Å². The molecule has 0 aliphatic rings. The van der Waals surface area contributed by atoms with E-state index in [0.717, 1.165) is 33.5 Å². The first kappa shape index (κ1) is 18.6. The van der Waals surface area contributed by atoms with E-state index in [9.17, 15) is 4.79 Å². The molecule has 0 saturated carbocycles. The largest absolute Gasteiger partial charge is 0.416 e. The molecule has 0 saturated heterocycles. The van der Waals surface area contributed by atoms with E-state index < -0.39 is 0 Å². The van der Waals surface area contributed by atoms with E-state index in [1.54, 1.807) is 12.1 Å². The topological polar surface area (TPSA) is 68.0 Å². The van der Waals surface area contributed by atoms with Gasteiger partial charge in [-0.3, -0.25) is 4.79 Å². The molecule has 1 heterocycles. The molecular formula is C24H21N3O2. The van der Waals surface area contributed by atoms with Crippen LogP contribution >= 0.6 is 0 Å². The molecule has 1 amide bonds. The second-order valence-electron chi connectivity index (χ2n) is 7.14. The zero-order valence-electron chi connectivity index (χ0n) is 16.6. The van der Waals surface area contributed by atoms with E-state index in [4.69, 9.17) is 4.42 Å². The number of aromatic nitrogens is 2. The normalized spacial score (nSPS) is 10.7. The molecule has 0 aliphatic carbocycles. The third-order valence-corrected chi connectivity index (χ3v) is 4.67. The summed E-state index contributed by atoms with van der Waals surface area (Å²) in [6.07, 6.45) is 0. The average molecular weight is 383 g/mol. The highest BCUT2D eigenvalue weighted by Gasteiger charge is 2.13. The van der Waals surface area contributed by atoms with Gasteiger partial charge in [-0.05, 0) is 79.9 Å². The van der Waals surface area contributed by atoms with Crippen LogP contribution in [-0.2, 0) is 0 Å². The minimum absolute atomic E-state index is 0.160. The summed E-state index contributed by atoms with van der Waals surface area (Å²) in [5, 5.41) is 11.2. The van der Waals surface area contributed by atoms with Crippen LogP contribution in [0.25, 0.3) is 22.9 Å². The first-order valence-electron chi connectivity index (χ1n) is 9.39. The number of nitrogens with one attached hydrogen (secondary N) is 1. The van der Waals surface area contributed by atoms with E-state index in [-0.39, 0.29) is 5.91 Å². The summed E-state index contributed by atoms with van der Waals surface area (Å²) >= 11 is 0. The molecule has 5 nitrogen and oxygen atoms in total. The lowest BCUT2D eigenvalue weighted by molar-refractivity contribution is 0.102. The zero-order valence-corrected chi connectivity index (χ0v) is 16.6. The molecule has 3 aromatic carbocycles. The Bertz CT molecular complexity index is 1160. The van der Waals surface area contributed by atoms with Crippen LogP contribution in [0.3, 0.4) is 0 Å². The van der Waals surface area contributed by atoms with E-state index in [2.05, 4.69) is 21.6 Å². The van der Waals surface area contributed by atoms with Crippen LogP contribution in [0.5, 0.6) is 0 Å². The van der Waals surface area contributed by atoms with Gasteiger partial charge in [0.05, 0.1) is 0 Å². The molecule has 1 aromatic heterocycles. The molecule has 0 atom stereocenters. The molecule has 0 bridgehead atoms. The van der Waals surface area contributed by atoms with Crippen LogP contribution in [0.15, 0.2) is 71.1 Å². The second kappa shape index (κ2) is 7.72. The minimum Gasteiger partial charge on any atom is -0.416 e. The molecule has 144 valence electrons. The Morgan fingerprint density at radius 1 is 0.828 bits per heavy atom. The van der Waals surface area contributed by atoms with E-state index in [1.807, 2.05) is 69.3 Å². The van der Waals surface area contributed by atoms with Gasteiger partial charge in [-0.15, -0.1) is 10.2 Å². The summed E-state index contributed by atoms with van der Waals surface area (Å²) in [5.41, 5.74) is 6.31. The molecular weight excluding hydrogens is 362 g/mol. The number of nitrogens with zero attached hydrogens (tertiary/aromatic N) is 2. The van der Waals surface area contributed by atoms with Crippen molar-refractivity contribution >= 4 is 11.6 Å². The standard InChI is InChI=1S/C24H21N3O2/c1-15-12-16(2)14-20(13-15)25-22(28)18-8-10-19(11-9-18)23-26-27-24(29-23)21-7-5-4-6-17(21)3/h4-14H,1-3H3,(H,25,28). The molecule has 0 unspecified atom stereocenters. The first-order chi connectivity index (χ1) is 14.0. The van der Waals surface area contributed by atoms with Crippen molar-refractivity contribution in [1.29, 1.82) is 0 Å². The van der Waals surface area contributed by atoms with Crippen LogP contribution in [-0.4, -0.2) is 16.1 Å². The fourth-order valence-corrected chi connectivity index (χ4v) is 3.28. The number of benzene rings is 3. The van der Waals surface area contributed by atoms with Gasteiger partial charge >= 0.3 is 0 Å². The summed E-state index contributed by atoms with van der Waals surface area (Å²) in [6.45, 7) is 6.02. The monoisotopic (exact) mass is 383 g/mol. The molecule has 4 rings (SSSR count). The first-order valence-corrected chi connectivity index (χ1v) is 9.39. The second-order valence-corrected chi connectivity index (χ2v) is 7.14. The number of hydrogen-bond acceptors (Lipinski definition) is 4. The maximum atomic E-state index is 12.5. The quantitative estimate of drug-likeness (QED) is 0.499. The smallest absolute Gasteiger partial charge is 0.255 e. The molecule has 1 N–H and O–H groups in total. The number of anilines is 1. The van der Waals surface area contributed by atoms with E-state index in [0.29, 0.717) is 17.3 Å². The number of carbonyl (C=O) groups is 1. The Hall–Kier alpha value is -3.73. The third kappa shape index (κ3) is 4.09. The minimum atomic E-state index is -0.160. The Kier molecular flexibility index (Phi) is 4.96. The highest BCUT2D eigenvalue weighted by Crippen LogP contribution is 2.26. The SMILES string of the molecule is Cc1cc(C)cc(NC(=O)c2ccc(-c3nnc(-c4ccccc4C)o3)cc2)c1. The van der Waals surface area contributed by atoms with Crippen molar-refractivity contribution in [3.05, 3.63) is 89.0 Å². The Balaban J connectivity index is 1.52. The van der Waals surface area contributed by atoms with E-state index in [1.165, 1.54) is 0 Å². The van der Waals surface area contributed by atoms with Crippen molar-refractivity contribution in [2.24, 2.45) is 0 Å². The predicted octanol–water partition coefficient (Wildman–Crippen LogP) is 5.58. The van der Waals surface area contributed by atoms with Gasteiger partial charge in [-0.25, -0.2) is 0 Å². The lowest BCUT2D eigenvalue weighted by Gasteiger charge is -2.08. The fraction of sp³-hybridized carbons (Fsp3) is 0.125. The highest BCUT2D eigenvalue weighted by atomic mass is 16.4. The van der Waals surface area contributed by atoms with Crippen LogP contribution in [0.1, 0.15) is 27.0 Å². The van der Waals surface area contributed by atoms with Crippen LogP contribution < -0.4 is 5.32 Å². The maximum Gasteiger partial charge on any atom is 0.255 e.